The van der Waals surface area contributed by atoms with Gasteiger partial charge in [0.2, 0.25) is 0 Å². The zero-order chi connectivity index (χ0) is 46.9. The Labute approximate surface area is 380 Å². The zero-order valence-corrected chi connectivity index (χ0v) is 41.0. The van der Waals surface area contributed by atoms with Gasteiger partial charge < -0.3 is 34.4 Å². The Balaban J connectivity index is 4.61. The maximum atomic E-state index is 12.7. The lowest BCUT2D eigenvalue weighted by molar-refractivity contribution is -0.161. The number of aliphatic hydroxyl groups is 2. The number of ether oxygens (including phenoxy) is 2. The summed E-state index contributed by atoms with van der Waals surface area (Å²) in [7, 11) is -9.75. The molecule has 0 saturated heterocycles. The summed E-state index contributed by atoms with van der Waals surface area (Å²) in [4.78, 5) is 52.8. The summed E-state index contributed by atoms with van der Waals surface area (Å²) in [5, 5.41) is 20.1. The molecule has 0 bridgehead atoms. The van der Waals surface area contributed by atoms with Crippen LogP contribution >= 0.6 is 15.6 Å². The van der Waals surface area contributed by atoms with Crippen LogP contribution in [0.15, 0.2) is 36.5 Å². The average Bonchev–Trinajstić information content (AvgIpc) is 3.24. The number of rotatable bonds is 45. The SMILES string of the molecule is CCCCCCCC/C=C/C/C=C/C=C/C(O)CCCC(=O)O[C@H](COC(=O)CCCCCCCCCCCCCCCCC(C)CC)COP(=O)(O)OC[C@@H](O)COP(=O)(O)O. The van der Waals surface area contributed by atoms with E-state index in [1.54, 1.807) is 12.2 Å². The van der Waals surface area contributed by atoms with Gasteiger partial charge in [0.05, 0.1) is 25.9 Å². The van der Waals surface area contributed by atoms with E-state index in [4.69, 9.17) is 23.8 Å². The van der Waals surface area contributed by atoms with E-state index in [0.29, 0.717) is 6.42 Å². The van der Waals surface area contributed by atoms with Gasteiger partial charge in [-0.25, -0.2) is 9.13 Å². The van der Waals surface area contributed by atoms with Crippen molar-refractivity contribution in [1.29, 1.82) is 0 Å². The molecule has 0 fully saturated rings. The summed E-state index contributed by atoms with van der Waals surface area (Å²) in [6, 6.07) is 0. The van der Waals surface area contributed by atoms with Crippen LogP contribution < -0.4 is 0 Å². The molecule has 0 radical (unpaired) electrons. The Kier molecular flexibility index (Phi) is 40.6. The van der Waals surface area contributed by atoms with Gasteiger partial charge in [-0.2, -0.15) is 0 Å². The van der Waals surface area contributed by atoms with E-state index in [1.165, 1.54) is 116 Å². The van der Waals surface area contributed by atoms with Crippen LogP contribution in [-0.4, -0.2) is 81.6 Å². The molecule has 0 aliphatic heterocycles. The first-order valence-corrected chi connectivity index (χ1v) is 27.2. The summed E-state index contributed by atoms with van der Waals surface area (Å²) in [5.41, 5.74) is 0. The monoisotopic (exact) mass is 939 g/mol. The van der Waals surface area contributed by atoms with Crippen LogP contribution in [0.4, 0.5) is 0 Å². The molecule has 5 atom stereocenters. The highest BCUT2D eigenvalue weighted by molar-refractivity contribution is 7.47. The van der Waals surface area contributed by atoms with E-state index in [0.717, 1.165) is 38.0 Å². The third-order valence-corrected chi connectivity index (χ3v) is 12.1. The normalized spacial score (nSPS) is 15.2. The number of carbonyl (C=O) groups excluding carboxylic acids is 2. The third-order valence-electron chi connectivity index (χ3n) is 10.7. The Bertz CT molecular complexity index is 1290. The fourth-order valence-electron chi connectivity index (χ4n) is 6.57. The van der Waals surface area contributed by atoms with Crippen molar-refractivity contribution in [3.63, 3.8) is 0 Å². The van der Waals surface area contributed by atoms with Crippen LogP contribution in [0.2, 0.25) is 0 Å². The first-order valence-electron chi connectivity index (χ1n) is 24.2. The summed E-state index contributed by atoms with van der Waals surface area (Å²) in [6.45, 7) is 3.93. The lowest BCUT2D eigenvalue weighted by Gasteiger charge is -2.20. The van der Waals surface area contributed by atoms with Crippen molar-refractivity contribution in [3.05, 3.63) is 36.5 Å². The minimum Gasteiger partial charge on any atom is -0.462 e. The van der Waals surface area contributed by atoms with Crippen molar-refractivity contribution in [3.8, 4) is 0 Å². The predicted molar refractivity (Wildman–Crippen MR) is 250 cm³/mol. The first-order chi connectivity index (χ1) is 30.2. The number of carbonyl (C=O) groups is 2. The Morgan fingerprint density at radius 1 is 0.571 bits per heavy atom. The van der Waals surface area contributed by atoms with Gasteiger partial charge in [0.25, 0.3) is 0 Å². The smallest absolute Gasteiger partial charge is 0.462 e. The molecule has 63 heavy (non-hydrogen) atoms. The number of allylic oxidation sites excluding steroid dienone is 5. The maximum Gasteiger partial charge on any atom is 0.472 e. The van der Waals surface area contributed by atoms with Gasteiger partial charge in [-0.3, -0.25) is 23.2 Å². The quantitative estimate of drug-likeness (QED) is 0.0126. The molecule has 0 amide bonds. The summed E-state index contributed by atoms with van der Waals surface area (Å²) in [6.07, 6.45) is 37.3. The number of esters is 2. The van der Waals surface area contributed by atoms with Crippen LogP contribution in [0, 0.1) is 5.92 Å². The molecule has 5 N–H and O–H groups in total. The zero-order valence-electron chi connectivity index (χ0n) is 39.2. The van der Waals surface area contributed by atoms with Crippen LogP contribution in [0.25, 0.3) is 0 Å². The Hall–Kier alpha value is -1.70. The highest BCUT2D eigenvalue weighted by Gasteiger charge is 2.28. The van der Waals surface area contributed by atoms with E-state index >= 15 is 0 Å². The number of phosphoric acid groups is 2. The molecule has 16 heteroatoms. The van der Waals surface area contributed by atoms with Crippen molar-refractivity contribution < 1.29 is 66.7 Å². The summed E-state index contributed by atoms with van der Waals surface area (Å²) in [5.74, 6) is -0.366. The van der Waals surface area contributed by atoms with Crippen molar-refractivity contribution in [2.75, 3.05) is 26.4 Å². The molecule has 0 aromatic heterocycles. The van der Waals surface area contributed by atoms with Crippen molar-refractivity contribution in [2.45, 2.75) is 219 Å². The van der Waals surface area contributed by atoms with Gasteiger partial charge >= 0.3 is 27.6 Å². The highest BCUT2D eigenvalue weighted by Crippen LogP contribution is 2.44. The third kappa shape index (κ3) is 45.3. The highest BCUT2D eigenvalue weighted by atomic mass is 31.2. The second-order valence-corrected chi connectivity index (χ2v) is 19.5. The molecule has 370 valence electrons. The standard InChI is InChI=1S/C47H88O14P2/c1-4-6-7-8-9-10-11-14-18-21-24-27-30-34-43(48)35-32-37-47(51)61-45(41-60-63(55,56)59-39-44(49)38-58-62(52,53)54)40-57-46(50)36-31-28-25-22-19-16-13-12-15-17-20-23-26-29-33-42(3)5-2/h14,18,24,27,30,34,42-45,48-49H,4-13,15-17,19-23,25-26,28-29,31-33,35-41H2,1-3H3,(H,55,56)(H2,52,53,54)/b18-14+,27-24+,34-30+/t42?,43?,44-,45+/m0/s1. The van der Waals surface area contributed by atoms with Crippen molar-refractivity contribution >= 4 is 27.6 Å². The molecular formula is C47H88O14P2. The van der Waals surface area contributed by atoms with Gasteiger partial charge in [0.1, 0.15) is 12.7 Å². The van der Waals surface area contributed by atoms with E-state index in [-0.39, 0.29) is 25.7 Å². The second-order valence-electron chi connectivity index (χ2n) is 16.8. The molecule has 0 aromatic carbocycles. The largest absolute Gasteiger partial charge is 0.472 e. The summed E-state index contributed by atoms with van der Waals surface area (Å²) < 4.78 is 47.7. The number of phosphoric ester groups is 2. The van der Waals surface area contributed by atoms with Gasteiger partial charge in [-0.1, -0.05) is 186 Å². The molecule has 0 aliphatic carbocycles. The van der Waals surface area contributed by atoms with Gasteiger partial charge in [-0.15, -0.1) is 0 Å². The van der Waals surface area contributed by atoms with Crippen LogP contribution in [0.3, 0.4) is 0 Å². The number of aliphatic hydroxyl groups excluding tert-OH is 2. The molecule has 0 rings (SSSR count). The van der Waals surface area contributed by atoms with Gasteiger partial charge in [0, 0.05) is 12.8 Å². The van der Waals surface area contributed by atoms with Gasteiger partial charge in [0.15, 0.2) is 6.10 Å². The lowest BCUT2D eigenvalue weighted by atomic mass is 9.99. The Morgan fingerprint density at radius 3 is 1.71 bits per heavy atom. The fourth-order valence-corrected chi connectivity index (χ4v) is 7.73. The van der Waals surface area contributed by atoms with Gasteiger partial charge in [-0.05, 0) is 44.4 Å². The molecule has 14 nitrogen and oxygen atoms in total. The molecular weight excluding hydrogens is 850 g/mol. The number of unbranched alkanes of at least 4 members (excludes halogenated alkanes) is 19. The predicted octanol–water partition coefficient (Wildman–Crippen LogP) is 11.7. The minimum absolute atomic E-state index is 0.0909. The molecule has 0 heterocycles. The summed E-state index contributed by atoms with van der Waals surface area (Å²) >= 11 is 0. The van der Waals surface area contributed by atoms with E-state index in [1.807, 2.05) is 12.2 Å². The fraction of sp³-hybridized carbons (Fsp3) is 0.830. The second kappa shape index (κ2) is 41.7. The van der Waals surface area contributed by atoms with Crippen molar-refractivity contribution in [1.82, 2.24) is 0 Å². The Morgan fingerprint density at radius 2 is 1.11 bits per heavy atom. The molecule has 0 aliphatic rings. The van der Waals surface area contributed by atoms with E-state index in [2.05, 4.69) is 42.0 Å². The number of hydrogen-bond acceptors (Lipinski definition) is 11. The van der Waals surface area contributed by atoms with E-state index < -0.39 is 72.3 Å². The van der Waals surface area contributed by atoms with Crippen LogP contribution in [0.1, 0.15) is 201 Å². The van der Waals surface area contributed by atoms with E-state index in [9.17, 15) is 33.8 Å². The average molecular weight is 939 g/mol. The number of hydrogen-bond donors (Lipinski definition) is 5. The minimum atomic E-state index is -4.89. The topological polar surface area (TPSA) is 216 Å². The molecule has 3 unspecified atom stereocenters. The lowest BCUT2D eigenvalue weighted by Crippen LogP contribution is -2.30. The van der Waals surface area contributed by atoms with Crippen molar-refractivity contribution in [2.24, 2.45) is 5.92 Å². The maximum absolute atomic E-state index is 12.7. The first kappa shape index (κ1) is 61.3. The van der Waals surface area contributed by atoms with Crippen LogP contribution in [0.5, 0.6) is 0 Å². The molecule has 0 saturated carbocycles. The molecule has 0 aromatic rings. The molecule has 0 spiro atoms. The van der Waals surface area contributed by atoms with Crippen LogP contribution in [-0.2, 0) is 41.8 Å².